The minimum atomic E-state index is -5.31. The highest BCUT2D eigenvalue weighted by atomic mass is 35.5. The van der Waals surface area contributed by atoms with Gasteiger partial charge in [0.05, 0.1) is 47.9 Å². The number of anilines is 1. The molecular weight excluding hydrogens is 513 g/mol. The Morgan fingerprint density at radius 2 is 1.67 bits per heavy atom. The van der Waals surface area contributed by atoms with Gasteiger partial charge >= 0.3 is 18.1 Å². The monoisotopic (exact) mass is 527 g/mol. The number of halogens is 6. The highest BCUT2D eigenvalue weighted by Crippen LogP contribution is 2.47. The standard InChI is InChI=1S/C23H15ClF5N3O4/c1-35-21(33)15-14(10-6-4-3-5-7-10)11(9-30)20(31)32(19(15)22(34)36-2)18-13(24)8-12(23(27,28)29)16(25)17(18)26/h3-8,14H,31H2,1-2H3. The van der Waals surface area contributed by atoms with Crippen molar-refractivity contribution in [1.82, 2.24) is 0 Å². The third-order valence-corrected chi connectivity index (χ3v) is 5.56. The van der Waals surface area contributed by atoms with E-state index in [4.69, 9.17) is 26.8 Å². The van der Waals surface area contributed by atoms with Crippen molar-refractivity contribution < 1.29 is 41.0 Å². The minimum absolute atomic E-state index is 0.0879. The number of hydrogen-bond donors (Lipinski definition) is 1. The summed E-state index contributed by atoms with van der Waals surface area (Å²) < 4.78 is 78.8. The van der Waals surface area contributed by atoms with E-state index in [9.17, 15) is 32.4 Å². The Kier molecular flexibility index (Phi) is 7.26. The number of rotatable bonds is 4. The van der Waals surface area contributed by atoms with Gasteiger partial charge in [-0.2, -0.15) is 18.4 Å². The molecule has 0 saturated carbocycles. The third-order valence-electron chi connectivity index (χ3n) is 5.27. The van der Waals surface area contributed by atoms with E-state index < -0.39 is 74.6 Å². The second-order valence-corrected chi connectivity index (χ2v) is 7.62. The molecule has 0 bridgehead atoms. The van der Waals surface area contributed by atoms with Crippen molar-refractivity contribution in [3.63, 3.8) is 0 Å². The zero-order chi connectivity index (χ0) is 26.9. The van der Waals surface area contributed by atoms with Crippen LogP contribution >= 0.6 is 11.6 Å². The fourth-order valence-electron chi connectivity index (χ4n) is 3.74. The summed E-state index contributed by atoms with van der Waals surface area (Å²) >= 11 is 5.93. The Labute approximate surface area is 205 Å². The first kappa shape index (κ1) is 26.5. The Hall–Kier alpha value is -4.11. The van der Waals surface area contributed by atoms with Gasteiger partial charge in [0, 0.05) is 0 Å². The van der Waals surface area contributed by atoms with Crippen LogP contribution in [0, 0.1) is 23.0 Å². The van der Waals surface area contributed by atoms with Crippen LogP contribution in [0.4, 0.5) is 27.6 Å². The lowest BCUT2D eigenvalue weighted by molar-refractivity contribution is -0.140. The molecular formula is C23H15ClF5N3O4. The fourth-order valence-corrected chi connectivity index (χ4v) is 4.02. The zero-order valence-corrected chi connectivity index (χ0v) is 19.2. The number of allylic oxidation sites excluding steroid dienone is 1. The molecule has 0 spiro atoms. The summed E-state index contributed by atoms with van der Waals surface area (Å²) in [5.74, 6) is -9.04. The average Bonchev–Trinajstić information content (AvgIpc) is 2.85. The average molecular weight is 528 g/mol. The quantitative estimate of drug-likeness (QED) is 0.354. The van der Waals surface area contributed by atoms with Gasteiger partial charge in [-0.1, -0.05) is 41.9 Å². The normalized spacial score (nSPS) is 16.1. The van der Waals surface area contributed by atoms with Gasteiger partial charge in [-0.15, -0.1) is 0 Å². The number of alkyl halides is 3. The van der Waals surface area contributed by atoms with E-state index in [0.717, 1.165) is 14.2 Å². The lowest BCUT2D eigenvalue weighted by Crippen LogP contribution is -2.41. The van der Waals surface area contributed by atoms with Crippen LogP contribution in [-0.2, 0) is 25.2 Å². The molecule has 1 aliphatic rings. The van der Waals surface area contributed by atoms with Gasteiger partial charge < -0.3 is 15.2 Å². The molecule has 1 aliphatic heterocycles. The van der Waals surface area contributed by atoms with Crippen LogP contribution in [0.25, 0.3) is 0 Å². The number of hydrogen-bond acceptors (Lipinski definition) is 7. The largest absolute Gasteiger partial charge is 0.466 e. The van der Waals surface area contributed by atoms with Crippen molar-refractivity contribution >= 4 is 29.2 Å². The van der Waals surface area contributed by atoms with Crippen molar-refractivity contribution in [2.45, 2.75) is 12.1 Å². The second-order valence-electron chi connectivity index (χ2n) is 7.22. The maximum absolute atomic E-state index is 15.2. The van der Waals surface area contributed by atoms with Crippen LogP contribution < -0.4 is 10.6 Å². The minimum Gasteiger partial charge on any atom is -0.466 e. The molecule has 7 nitrogen and oxygen atoms in total. The van der Waals surface area contributed by atoms with Crippen LogP contribution in [0.3, 0.4) is 0 Å². The molecule has 1 heterocycles. The Bertz CT molecular complexity index is 1350. The van der Waals surface area contributed by atoms with E-state index in [0.29, 0.717) is 4.90 Å². The molecule has 0 aliphatic carbocycles. The van der Waals surface area contributed by atoms with Crippen molar-refractivity contribution in [3.05, 3.63) is 86.8 Å². The molecule has 2 aromatic rings. The number of carbonyl (C=O) groups excluding carboxylic acids is 2. The highest BCUT2D eigenvalue weighted by Gasteiger charge is 2.45. The van der Waals surface area contributed by atoms with E-state index in [2.05, 4.69) is 0 Å². The summed E-state index contributed by atoms with van der Waals surface area (Å²) in [6.45, 7) is 0. The Balaban J connectivity index is 2.50. The van der Waals surface area contributed by atoms with Crippen LogP contribution in [0.2, 0.25) is 5.02 Å². The molecule has 36 heavy (non-hydrogen) atoms. The second kappa shape index (κ2) is 9.87. The third kappa shape index (κ3) is 4.33. The number of benzene rings is 2. The van der Waals surface area contributed by atoms with Gasteiger partial charge in [0.25, 0.3) is 0 Å². The number of nitriles is 1. The molecule has 3 rings (SSSR count). The molecule has 0 fully saturated rings. The van der Waals surface area contributed by atoms with E-state index in [1.54, 1.807) is 24.3 Å². The molecule has 13 heteroatoms. The lowest BCUT2D eigenvalue weighted by Gasteiger charge is -2.36. The summed E-state index contributed by atoms with van der Waals surface area (Å²) in [5.41, 5.74) is 1.38. The van der Waals surface area contributed by atoms with Crippen molar-refractivity contribution in [2.24, 2.45) is 5.73 Å². The maximum Gasteiger partial charge on any atom is 0.419 e. The van der Waals surface area contributed by atoms with E-state index >= 15 is 4.39 Å². The first-order valence-corrected chi connectivity index (χ1v) is 10.2. The molecule has 0 aromatic heterocycles. The fraction of sp³-hybridized carbons (Fsp3) is 0.174. The topological polar surface area (TPSA) is 106 Å². The number of carbonyl (C=O) groups is 2. The Morgan fingerprint density at radius 1 is 1.08 bits per heavy atom. The summed E-state index contributed by atoms with van der Waals surface area (Å²) in [6.07, 6.45) is -5.31. The van der Waals surface area contributed by atoms with E-state index in [1.807, 2.05) is 0 Å². The molecule has 0 saturated heterocycles. The summed E-state index contributed by atoms with van der Waals surface area (Å²) in [6, 6.07) is 9.57. The highest BCUT2D eigenvalue weighted by molar-refractivity contribution is 6.33. The molecule has 2 N–H and O–H groups in total. The molecule has 0 amide bonds. The number of nitrogens with zero attached hydrogens (tertiary/aromatic N) is 2. The van der Waals surface area contributed by atoms with E-state index in [1.165, 1.54) is 12.1 Å². The first-order chi connectivity index (χ1) is 16.9. The number of methoxy groups -OCH3 is 2. The van der Waals surface area contributed by atoms with Crippen molar-refractivity contribution in [2.75, 3.05) is 19.1 Å². The van der Waals surface area contributed by atoms with Crippen molar-refractivity contribution in [3.8, 4) is 6.07 Å². The van der Waals surface area contributed by atoms with Gasteiger partial charge in [-0.05, 0) is 11.6 Å². The molecule has 1 atom stereocenters. The van der Waals surface area contributed by atoms with Gasteiger partial charge in [0.1, 0.15) is 17.2 Å². The van der Waals surface area contributed by atoms with E-state index in [-0.39, 0.29) is 11.6 Å². The lowest BCUT2D eigenvalue weighted by atomic mass is 9.81. The first-order valence-electron chi connectivity index (χ1n) is 9.80. The van der Waals surface area contributed by atoms with Crippen molar-refractivity contribution in [1.29, 1.82) is 5.26 Å². The SMILES string of the molecule is COC(=O)C1=C(C(=O)OC)N(c2c(Cl)cc(C(F)(F)F)c(F)c2F)C(N)=C(C#N)C1c1ccccc1. The number of esters is 2. The molecule has 1 unspecified atom stereocenters. The summed E-state index contributed by atoms with van der Waals surface area (Å²) in [4.78, 5) is 26.2. The van der Waals surface area contributed by atoms with Crippen LogP contribution in [0.1, 0.15) is 17.0 Å². The van der Waals surface area contributed by atoms with Gasteiger partial charge in [-0.3, -0.25) is 4.90 Å². The maximum atomic E-state index is 15.2. The van der Waals surface area contributed by atoms with Crippen LogP contribution in [0.15, 0.2) is 59.1 Å². The molecule has 188 valence electrons. The predicted molar refractivity (Wildman–Crippen MR) is 116 cm³/mol. The van der Waals surface area contributed by atoms with Gasteiger partial charge in [-0.25, -0.2) is 18.4 Å². The van der Waals surface area contributed by atoms with Gasteiger partial charge in [0.2, 0.25) is 0 Å². The van der Waals surface area contributed by atoms with Crippen LogP contribution in [-0.4, -0.2) is 26.2 Å². The number of ether oxygens (including phenoxy) is 2. The zero-order valence-electron chi connectivity index (χ0n) is 18.4. The smallest absolute Gasteiger partial charge is 0.419 e. The van der Waals surface area contributed by atoms with Gasteiger partial charge in [0.15, 0.2) is 11.6 Å². The summed E-state index contributed by atoms with van der Waals surface area (Å²) in [5, 5.41) is 8.88. The predicted octanol–water partition coefficient (Wildman–Crippen LogP) is 4.53. The number of nitrogens with two attached hydrogens (primary N) is 1. The summed E-state index contributed by atoms with van der Waals surface area (Å²) in [7, 11) is 1.85. The molecule has 2 aromatic carbocycles. The van der Waals surface area contributed by atoms with Crippen LogP contribution in [0.5, 0.6) is 0 Å². The molecule has 0 radical (unpaired) electrons. The Morgan fingerprint density at radius 3 is 2.17 bits per heavy atom.